The molecule has 3 heterocycles. The number of hydrogen-bond acceptors (Lipinski definition) is 5. The molecule has 3 N–H and O–H groups in total. The predicted octanol–water partition coefficient (Wildman–Crippen LogP) is 5.76. The number of benzene rings is 2. The molecule has 1 fully saturated rings. The smallest absolute Gasteiger partial charge is 0.267 e. The third kappa shape index (κ3) is 3.39. The van der Waals surface area contributed by atoms with E-state index in [1.807, 2.05) is 12.1 Å². The third-order valence-electron chi connectivity index (χ3n) is 6.78. The third-order valence-corrected chi connectivity index (χ3v) is 7.89. The van der Waals surface area contributed by atoms with E-state index in [9.17, 15) is 4.79 Å². The number of nitrogen functional groups attached to an aromatic ring is 1. The van der Waals surface area contributed by atoms with E-state index in [1.165, 1.54) is 53.8 Å². The summed E-state index contributed by atoms with van der Waals surface area (Å²) in [7, 11) is 0. The van der Waals surface area contributed by atoms with E-state index >= 15 is 0 Å². The minimum Gasteiger partial charge on any atom is -0.397 e. The summed E-state index contributed by atoms with van der Waals surface area (Å²) in [6, 6.07) is 14.7. The number of amides is 1. The zero-order valence-electron chi connectivity index (χ0n) is 18.0. The van der Waals surface area contributed by atoms with Gasteiger partial charge in [0, 0.05) is 35.2 Å². The van der Waals surface area contributed by atoms with E-state index in [-0.39, 0.29) is 5.91 Å². The molecule has 6 heteroatoms. The Balaban J connectivity index is 1.27. The van der Waals surface area contributed by atoms with E-state index in [1.54, 1.807) is 0 Å². The van der Waals surface area contributed by atoms with Crippen molar-refractivity contribution >= 4 is 55.4 Å². The first-order valence-electron chi connectivity index (χ1n) is 11.5. The molecular formula is C26H26N4OS. The molecule has 0 spiro atoms. The number of aromatic nitrogens is 1. The van der Waals surface area contributed by atoms with Gasteiger partial charge in [0.1, 0.15) is 9.71 Å². The van der Waals surface area contributed by atoms with E-state index in [0.29, 0.717) is 10.6 Å². The first-order valence-corrected chi connectivity index (χ1v) is 12.3. The number of pyridine rings is 1. The van der Waals surface area contributed by atoms with Gasteiger partial charge in [-0.05, 0) is 92.1 Å². The van der Waals surface area contributed by atoms with Gasteiger partial charge in [0.05, 0.1) is 11.2 Å². The number of thiophene rings is 1. The number of hydrogen-bond donors (Lipinski definition) is 2. The fourth-order valence-corrected chi connectivity index (χ4v) is 6.02. The Morgan fingerprint density at radius 2 is 1.72 bits per heavy atom. The number of nitrogens with two attached hydrogens (primary N) is 1. The van der Waals surface area contributed by atoms with Crippen LogP contribution >= 0.6 is 11.3 Å². The number of carbonyl (C=O) groups is 1. The van der Waals surface area contributed by atoms with E-state index in [4.69, 9.17) is 10.7 Å². The molecule has 6 rings (SSSR count). The number of fused-ring (bicyclic) bond motifs is 3. The zero-order chi connectivity index (χ0) is 21.7. The molecule has 2 aliphatic rings. The largest absolute Gasteiger partial charge is 0.397 e. The van der Waals surface area contributed by atoms with Crippen LogP contribution < -0.4 is 16.0 Å². The molecule has 0 saturated carbocycles. The van der Waals surface area contributed by atoms with Crippen LogP contribution in [0.2, 0.25) is 0 Å². The highest BCUT2D eigenvalue weighted by Gasteiger charge is 2.20. The van der Waals surface area contributed by atoms with Gasteiger partial charge < -0.3 is 16.0 Å². The summed E-state index contributed by atoms with van der Waals surface area (Å²) in [5, 5.41) is 4.98. The number of nitrogens with one attached hydrogen (secondary N) is 1. The minimum absolute atomic E-state index is 0.178. The van der Waals surface area contributed by atoms with E-state index < -0.39 is 0 Å². The van der Waals surface area contributed by atoms with Crippen molar-refractivity contribution < 1.29 is 4.79 Å². The van der Waals surface area contributed by atoms with Gasteiger partial charge in [0.25, 0.3) is 5.91 Å². The van der Waals surface area contributed by atoms with Crippen LogP contribution in [0, 0.1) is 0 Å². The molecule has 162 valence electrons. The van der Waals surface area contributed by atoms with Gasteiger partial charge >= 0.3 is 0 Å². The van der Waals surface area contributed by atoms with Gasteiger partial charge in [0.15, 0.2) is 0 Å². The SMILES string of the molecule is Nc1c(C(=O)Nc2ccc(N3CCCCC3)cc2)sc2nc3cc4c(cc3cc12)CCC4. The average molecular weight is 443 g/mol. The molecule has 32 heavy (non-hydrogen) atoms. The second-order valence-electron chi connectivity index (χ2n) is 8.90. The van der Waals surface area contributed by atoms with E-state index in [0.717, 1.165) is 52.7 Å². The van der Waals surface area contributed by atoms with Gasteiger partial charge in [0.2, 0.25) is 0 Å². The van der Waals surface area contributed by atoms with Crippen LogP contribution in [0.1, 0.15) is 46.5 Å². The molecule has 0 bridgehead atoms. The monoisotopic (exact) mass is 442 g/mol. The Bertz CT molecular complexity index is 1340. The van der Waals surface area contributed by atoms with Crippen LogP contribution in [-0.4, -0.2) is 24.0 Å². The second kappa shape index (κ2) is 7.78. The fraction of sp³-hybridized carbons (Fsp3) is 0.308. The molecule has 2 aromatic carbocycles. The van der Waals surface area contributed by atoms with Crippen LogP contribution in [0.25, 0.3) is 21.1 Å². The molecular weight excluding hydrogens is 416 g/mol. The minimum atomic E-state index is -0.178. The standard InChI is InChI=1S/C26H26N4OS/c27-23-21-14-18-13-16-5-4-6-17(16)15-22(18)29-26(21)32-24(23)25(31)28-19-7-9-20(10-8-19)30-11-2-1-3-12-30/h7-10,13-15H,1-6,11-12,27H2,(H,28,31). The Labute approximate surface area is 191 Å². The number of nitrogens with zero attached hydrogens (tertiary/aromatic N) is 2. The van der Waals surface area contributed by atoms with Crippen molar-refractivity contribution in [1.29, 1.82) is 0 Å². The molecule has 1 amide bonds. The average Bonchev–Trinajstić information content (AvgIpc) is 3.41. The lowest BCUT2D eigenvalue weighted by Gasteiger charge is -2.28. The van der Waals surface area contributed by atoms with Crippen LogP contribution in [0.3, 0.4) is 0 Å². The van der Waals surface area contributed by atoms with E-state index in [2.05, 4.69) is 40.5 Å². The number of anilines is 3. The summed E-state index contributed by atoms with van der Waals surface area (Å²) in [6.07, 6.45) is 7.28. The lowest BCUT2D eigenvalue weighted by Crippen LogP contribution is -2.29. The van der Waals surface area contributed by atoms with Crippen LogP contribution in [0.4, 0.5) is 17.1 Å². The fourth-order valence-electron chi connectivity index (χ4n) is 5.04. The van der Waals surface area contributed by atoms with Crippen molar-refractivity contribution in [2.24, 2.45) is 0 Å². The molecule has 1 saturated heterocycles. The van der Waals surface area contributed by atoms with Crippen molar-refractivity contribution in [3.05, 3.63) is 58.5 Å². The topological polar surface area (TPSA) is 71.2 Å². The zero-order valence-corrected chi connectivity index (χ0v) is 18.8. The lowest BCUT2D eigenvalue weighted by molar-refractivity contribution is 0.103. The molecule has 2 aromatic heterocycles. The highest BCUT2D eigenvalue weighted by molar-refractivity contribution is 7.21. The Hall–Kier alpha value is -3.12. The van der Waals surface area contributed by atoms with Crippen molar-refractivity contribution in [3.8, 4) is 0 Å². The summed E-state index contributed by atoms with van der Waals surface area (Å²) in [4.78, 5) is 21.6. The Morgan fingerprint density at radius 1 is 0.969 bits per heavy atom. The van der Waals surface area contributed by atoms with Crippen molar-refractivity contribution in [2.75, 3.05) is 29.0 Å². The summed E-state index contributed by atoms with van der Waals surface area (Å²) < 4.78 is 0. The summed E-state index contributed by atoms with van der Waals surface area (Å²) >= 11 is 1.37. The highest BCUT2D eigenvalue weighted by atomic mass is 32.1. The van der Waals surface area contributed by atoms with Gasteiger partial charge in [-0.1, -0.05) is 0 Å². The van der Waals surface area contributed by atoms with Crippen molar-refractivity contribution in [1.82, 2.24) is 4.98 Å². The molecule has 0 atom stereocenters. The number of carbonyl (C=O) groups excluding carboxylic acids is 1. The van der Waals surface area contributed by atoms with Gasteiger partial charge in [-0.3, -0.25) is 4.79 Å². The van der Waals surface area contributed by atoms with Crippen LogP contribution in [0.15, 0.2) is 42.5 Å². The molecule has 0 unspecified atom stereocenters. The number of piperidine rings is 1. The van der Waals surface area contributed by atoms with Gasteiger partial charge in [-0.2, -0.15) is 0 Å². The molecule has 5 nitrogen and oxygen atoms in total. The number of aryl methyl sites for hydroxylation is 2. The maximum Gasteiger partial charge on any atom is 0.267 e. The highest BCUT2D eigenvalue weighted by Crippen LogP contribution is 2.36. The maximum atomic E-state index is 13.0. The molecule has 1 aliphatic heterocycles. The summed E-state index contributed by atoms with van der Waals surface area (Å²) in [6.45, 7) is 2.21. The first-order chi connectivity index (χ1) is 15.7. The molecule has 0 radical (unpaired) electrons. The normalized spacial score (nSPS) is 15.9. The van der Waals surface area contributed by atoms with Gasteiger partial charge in [-0.15, -0.1) is 11.3 Å². The first kappa shape index (κ1) is 19.6. The lowest BCUT2D eigenvalue weighted by atomic mass is 10.1. The number of rotatable bonds is 3. The van der Waals surface area contributed by atoms with Crippen molar-refractivity contribution in [3.63, 3.8) is 0 Å². The second-order valence-corrected chi connectivity index (χ2v) is 9.90. The van der Waals surface area contributed by atoms with Crippen LogP contribution in [-0.2, 0) is 12.8 Å². The predicted molar refractivity (Wildman–Crippen MR) is 134 cm³/mol. The Kier molecular flexibility index (Phi) is 4.76. The summed E-state index contributed by atoms with van der Waals surface area (Å²) in [5.74, 6) is -0.178. The quantitative estimate of drug-likeness (QED) is 0.423. The molecule has 4 aromatic rings. The molecule has 1 aliphatic carbocycles. The van der Waals surface area contributed by atoms with Crippen molar-refractivity contribution in [2.45, 2.75) is 38.5 Å². The van der Waals surface area contributed by atoms with Crippen LogP contribution in [0.5, 0.6) is 0 Å². The Morgan fingerprint density at radius 3 is 2.50 bits per heavy atom. The van der Waals surface area contributed by atoms with Gasteiger partial charge in [-0.25, -0.2) is 4.98 Å². The summed E-state index contributed by atoms with van der Waals surface area (Å²) in [5.41, 5.74) is 12.7. The maximum absolute atomic E-state index is 13.0.